The largest absolute Gasteiger partial charge is 0.335 e. The van der Waals surface area contributed by atoms with Gasteiger partial charge in [0.25, 0.3) is 0 Å². The van der Waals surface area contributed by atoms with E-state index in [0.717, 1.165) is 30.2 Å². The van der Waals surface area contributed by atoms with Gasteiger partial charge in [-0.25, -0.2) is 4.79 Å². The van der Waals surface area contributed by atoms with Crippen molar-refractivity contribution < 1.29 is 4.79 Å². The molecule has 124 valence electrons. The predicted octanol–water partition coefficient (Wildman–Crippen LogP) is 4.18. The summed E-state index contributed by atoms with van der Waals surface area (Å²) in [6.45, 7) is 3.01. The summed E-state index contributed by atoms with van der Waals surface area (Å²) in [6.07, 6.45) is 13.4. The van der Waals surface area contributed by atoms with Crippen molar-refractivity contribution in [2.75, 3.05) is 6.54 Å². The van der Waals surface area contributed by atoms with Crippen molar-refractivity contribution in [1.82, 2.24) is 10.2 Å². The molecule has 3 heteroatoms. The molecule has 0 aromatic heterocycles. The van der Waals surface area contributed by atoms with Gasteiger partial charge in [-0.05, 0) is 75.5 Å². The maximum atomic E-state index is 12.9. The first-order valence-electron chi connectivity index (χ1n) is 9.81. The topological polar surface area (TPSA) is 32.3 Å². The SMILES string of the molecule is CCN(C(=O)NC1C2CC3CC(C2)CC1C3)C1CCCCC1. The van der Waals surface area contributed by atoms with Crippen LogP contribution in [0.15, 0.2) is 0 Å². The molecule has 0 aliphatic heterocycles. The number of nitrogens with zero attached hydrogens (tertiary/aromatic N) is 1. The van der Waals surface area contributed by atoms with Crippen LogP contribution in [0.3, 0.4) is 0 Å². The fourth-order valence-corrected chi connectivity index (χ4v) is 6.35. The molecule has 5 saturated carbocycles. The zero-order valence-electron chi connectivity index (χ0n) is 14.1. The van der Waals surface area contributed by atoms with Gasteiger partial charge in [0.15, 0.2) is 0 Å². The van der Waals surface area contributed by atoms with Gasteiger partial charge < -0.3 is 10.2 Å². The fourth-order valence-electron chi connectivity index (χ4n) is 6.35. The van der Waals surface area contributed by atoms with Crippen molar-refractivity contribution in [2.45, 2.75) is 83.2 Å². The highest BCUT2D eigenvalue weighted by Crippen LogP contribution is 2.53. The first-order chi connectivity index (χ1) is 10.7. The van der Waals surface area contributed by atoms with E-state index in [9.17, 15) is 4.79 Å². The number of carbonyl (C=O) groups excluding carboxylic acids is 1. The Morgan fingerprint density at radius 1 is 0.955 bits per heavy atom. The fraction of sp³-hybridized carbons (Fsp3) is 0.947. The average molecular weight is 304 g/mol. The minimum Gasteiger partial charge on any atom is -0.335 e. The molecule has 5 aliphatic carbocycles. The average Bonchev–Trinajstić information content (AvgIpc) is 2.52. The molecule has 5 rings (SSSR count). The van der Waals surface area contributed by atoms with E-state index in [1.807, 2.05) is 0 Å². The van der Waals surface area contributed by atoms with E-state index in [0.29, 0.717) is 12.1 Å². The van der Waals surface area contributed by atoms with Crippen molar-refractivity contribution in [2.24, 2.45) is 23.7 Å². The standard InChI is InChI=1S/C19H32N2O/c1-2-21(17-6-4-3-5-7-17)19(22)20-18-15-9-13-8-14(11-15)12-16(18)10-13/h13-18H,2-12H2,1H3,(H,20,22). The van der Waals surface area contributed by atoms with E-state index in [1.165, 1.54) is 64.2 Å². The lowest BCUT2D eigenvalue weighted by atomic mass is 9.54. The van der Waals surface area contributed by atoms with Gasteiger partial charge in [0.2, 0.25) is 0 Å². The van der Waals surface area contributed by atoms with Crippen LogP contribution >= 0.6 is 0 Å². The third-order valence-corrected chi connectivity index (χ3v) is 7.13. The highest BCUT2D eigenvalue weighted by molar-refractivity contribution is 5.75. The molecule has 0 radical (unpaired) electrons. The number of nitrogens with one attached hydrogen (secondary N) is 1. The lowest BCUT2D eigenvalue weighted by Crippen LogP contribution is -2.59. The number of amides is 2. The molecule has 0 heterocycles. The molecule has 1 N–H and O–H groups in total. The lowest BCUT2D eigenvalue weighted by molar-refractivity contribution is -0.0117. The van der Waals surface area contributed by atoms with Crippen molar-refractivity contribution in [3.05, 3.63) is 0 Å². The number of hydrogen-bond donors (Lipinski definition) is 1. The summed E-state index contributed by atoms with van der Waals surface area (Å²) >= 11 is 0. The maximum Gasteiger partial charge on any atom is 0.317 e. The second-order valence-corrected chi connectivity index (χ2v) is 8.48. The van der Waals surface area contributed by atoms with E-state index in [1.54, 1.807) is 0 Å². The molecular weight excluding hydrogens is 272 g/mol. The quantitative estimate of drug-likeness (QED) is 0.833. The zero-order chi connectivity index (χ0) is 15.1. The second-order valence-electron chi connectivity index (χ2n) is 8.48. The van der Waals surface area contributed by atoms with Crippen molar-refractivity contribution in [3.8, 4) is 0 Å². The summed E-state index contributed by atoms with van der Waals surface area (Å²) in [5.41, 5.74) is 0. The van der Waals surface area contributed by atoms with Crippen LogP contribution in [0, 0.1) is 23.7 Å². The maximum absolute atomic E-state index is 12.9. The molecule has 0 aromatic carbocycles. The monoisotopic (exact) mass is 304 g/mol. The summed E-state index contributed by atoms with van der Waals surface area (Å²) < 4.78 is 0. The zero-order valence-corrected chi connectivity index (χ0v) is 14.1. The molecule has 3 nitrogen and oxygen atoms in total. The van der Waals surface area contributed by atoms with Gasteiger partial charge in [0.1, 0.15) is 0 Å². The molecule has 0 aromatic rings. The lowest BCUT2D eigenvalue weighted by Gasteiger charge is -2.54. The van der Waals surface area contributed by atoms with Crippen LogP contribution in [0.1, 0.15) is 71.1 Å². The smallest absolute Gasteiger partial charge is 0.317 e. The normalized spacial score (nSPS) is 40.7. The molecule has 0 unspecified atom stereocenters. The molecule has 0 atom stereocenters. The number of carbonyl (C=O) groups is 1. The van der Waals surface area contributed by atoms with Gasteiger partial charge in [0, 0.05) is 18.6 Å². The molecule has 2 amide bonds. The summed E-state index contributed by atoms with van der Waals surface area (Å²) in [5.74, 6) is 3.53. The van der Waals surface area contributed by atoms with E-state index in [2.05, 4.69) is 17.1 Å². The summed E-state index contributed by atoms with van der Waals surface area (Å²) in [5, 5.41) is 3.50. The number of urea groups is 1. The summed E-state index contributed by atoms with van der Waals surface area (Å²) in [6, 6.07) is 1.22. The highest BCUT2D eigenvalue weighted by atomic mass is 16.2. The Bertz CT molecular complexity index is 388. The Balaban J connectivity index is 1.40. The minimum absolute atomic E-state index is 0.242. The van der Waals surface area contributed by atoms with Crippen molar-refractivity contribution >= 4 is 6.03 Å². The van der Waals surface area contributed by atoms with Crippen molar-refractivity contribution in [3.63, 3.8) is 0 Å². The Hall–Kier alpha value is -0.730. The third kappa shape index (κ3) is 2.65. The van der Waals surface area contributed by atoms with Crippen LogP contribution < -0.4 is 5.32 Å². The van der Waals surface area contributed by atoms with Gasteiger partial charge in [-0.2, -0.15) is 0 Å². The molecular formula is C19H32N2O. The molecule has 5 aliphatic rings. The summed E-state index contributed by atoms with van der Waals surface area (Å²) in [7, 11) is 0. The Morgan fingerprint density at radius 3 is 2.09 bits per heavy atom. The van der Waals surface area contributed by atoms with Crippen LogP contribution in [0.5, 0.6) is 0 Å². The Kier molecular flexibility index (Phi) is 4.08. The molecule has 0 saturated heterocycles. The molecule has 5 fully saturated rings. The third-order valence-electron chi connectivity index (χ3n) is 7.13. The number of hydrogen-bond acceptors (Lipinski definition) is 1. The van der Waals surface area contributed by atoms with Gasteiger partial charge >= 0.3 is 6.03 Å². The highest BCUT2D eigenvalue weighted by Gasteiger charge is 2.49. The predicted molar refractivity (Wildman–Crippen MR) is 88.6 cm³/mol. The van der Waals surface area contributed by atoms with E-state index < -0.39 is 0 Å². The van der Waals surface area contributed by atoms with Crippen molar-refractivity contribution in [1.29, 1.82) is 0 Å². The van der Waals surface area contributed by atoms with E-state index in [-0.39, 0.29) is 6.03 Å². The minimum atomic E-state index is 0.242. The van der Waals surface area contributed by atoms with E-state index >= 15 is 0 Å². The molecule has 0 spiro atoms. The van der Waals surface area contributed by atoms with Crippen LogP contribution in [0.4, 0.5) is 4.79 Å². The first-order valence-corrected chi connectivity index (χ1v) is 9.81. The van der Waals surface area contributed by atoms with Gasteiger partial charge in [-0.3, -0.25) is 0 Å². The molecule has 22 heavy (non-hydrogen) atoms. The Labute approximate surface area is 135 Å². The van der Waals surface area contributed by atoms with Crippen LogP contribution in [0.2, 0.25) is 0 Å². The summed E-state index contributed by atoms with van der Waals surface area (Å²) in [4.78, 5) is 15.0. The number of rotatable bonds is 3. The Morgan fingerprint density at radius 2 is 1.55 bits per heavy atom. The van der Waals surface area contributed by atoms with Gasteiger partial charge in [-0.1, -0.05) is 19.3 Å². The molecule has 4 bridgehead atoms. The van der Waals surface area contributed by atoms with Gasteiger partial charge in [-0.15, -0.1) is 0 Å². The second kappa shape index (κ2) is 6.05. The van der Waals surface area contributed by atoms with Gasteiger partial charge in [0.05, 0.1) is 0 Å². The first kappa shape index (κ1) is 14.8. The van der Waals surface area contributed by atoms with Crippen LogP contribution in [-0.4, -0.2) is 29.6 Å². The van der Waals surface area contributed by atoms with E-state index in [4.69, 9.17) is 0 Å². The van der Waals surface area contributed by atoms with Crippen LogP contribution in [-0.2, 0) is 0 Å². The van der Waals surface area contributed by atoms with Crippen LogP contribution in [0.25, 0.3) is 0 Å².